The van der Waals surface area contributed by atoms with Gasteiger partial charge in [-0.05, 0) is 42.5 Å². The highest BCUT2D eigenvalue weighted by molar-refractivity contribution is 7.09. The molecule has 0 fully saturated rings. The highest BCUT2D eigenvalue weighted by atomic mass is 32.1. The lowest BCUT2D eigenvalue weighted by atomic mass is 10.1. The van der Waals surface area contributed by atoms with Gasteiger partial charge in [0.05, 0.1) is 12.8 Å². The van der Waals surface area contributed by atoms with Crippen molar-refractivity contribution < 1.29 is 14.3 Å². The van der Waals surface area contributed by atoms with Gasteiger partial charge in [-0.25, -0.2) is 0 Å². The molecule has 0 aliphatic rings. The van der Waals surface area contributed by atoms with E-state index >= 15 is 0 Å². The van der Waals surface area contributed by atoms with Crippen LogP contribution in [0.15, 0.2) is 35.7 Å². The standard InChI is InChI=1S/C16H18N2O3S/c1-21-14-8-7-11(16(17)20)10-13(14)18-15(19)6-2-4-12-5-3-9-22-12/h3,5,7-10H,2,4,6H2,1H3,(H2,17,20)(H,18,19). The van der Waals surface area contributed by atoms with Gasteiger partial charge in [0.15, 0.2) is 0 Å². The van der Waals surface area contributed by atoms with E-state index in [0.29, 0.717) is 23.4 Å². The van der Waals surface area contributed by atoms with Crippen LogP contribution in [0.1, 0.15) is 28.1 Å². The molecule has 2 aromatic rings. The van der Waals surface area contributed by atoms with E-state index in [-0.39, 0.29) is 5.91 Å². The lowest BCUT2D eigenvalue weighted by Crippen LogP contribution is -2.15. The topological polar surface area (TPSA) is 81.4 Å². The van der Waals surface area contributed by atoms with Crippen LogP contribution in [0.3, 0.4) is 0 Å². The zero-order valence-electron chi connectivity index (χ0n) is 12.3. The smallest absolute Gasteiger partial charge is 0.248 e. The summed E-state index contributed by atoms with van der Waals surface area (Å²) in [5.74, 6) is -0.163. The maximum atomic E-state index is 12.0. The Labute approximate surface area is 133 Å². The van der Waals surface area contributed by atoms with Gasteiger partial charge < -0.3 is 15.8 Å². The summed E-state index contributed by atoms with van der Waals surface area (Å²) in [5, 5.41) is 4.79. The number of methoxy groups -OCH3 is 1. The molecule has 1 aromatic heterocycles. The first-order valence-corrected chi connectivity index (χ1v) is 7.78. The largest absolute Gasteiger partial charge is 0.495 e. The summed E-state index contributed by atoms with van der Waals surface area (Å²) < 4.78 is 5.18. The quantitative estimate of drug-likeness (QED) is 0.823. The van der Waals surface area contributed by atoms with Crippen LogP contribution in [0, 0.1) is 0 Å². The molecule has 0 aliphatic heterocycles. The van der Waals surface area contributed by atoms with Gasteiger partial charge in [-0.3, -0.25) is 9.59 Å². The van der Waals surface area contributed by atoms with Gasteiger partial charge in [-0.2, -0.15) is 0 Å². The second-order valence-corrected chi connectivity index (χ2v) is 5.79. The van der Waals surface area contributed by atoms with Crippen molar-refractivity contribution in [2.45, 2.75) is 19.3 Å². The molecule has 0 unspecified atom stereocenters. The van der Waals surface area contributed by atoms with Crippen molar-refractivity contribution in [3.8, 4) is 5.75 Å². The van der Waals surface area contributed by atoms with Crippen molar-refractivity contribution >= 4 is 28.8 Å². The van der Waals surface area contributed by atoms with Crippen LogP contribution in [0.4, 0.5) is 5.69 Å². The highest BCUT2D eigenvalue weighted by Crippen LogP contribution is 2.25. The zero-order chi connectivity index (χ0) is 15.9. The van der Waals surface area contributed by atoms with E-state index in [1.807, 2.05) is 11.4 Å². The van der Waals surface area contributed by atoms with Crippen molar-refractivity contribution in [3.63, 3.8) is 0 Å². The summed E-state index contributed by atoms with van der Waals surface area (Å²) in [6, 6.07) is 8.76. The van der Waals surface area contributed by atoms with Crippen LogP contribution in [0.2, 0.25) is 0 Å². The van der Waals surface area contributed by atoms with E-state index in [9.17, 15) is 9.59 Å². The number of ether oxygens (including phenoxy) is 1. The molecule has 22 heavy (non-hydrogen) atoms. The molecular formula is C16H18N2O3S. The van der Waals surface area contributed by atoms with Gasteiger partial charge in [-0.1, -0.05) is 6.07 Å². The minimum atomic E-state index is -0.546. The van der Waals surface area contributed by atoms with Crippen LogP contribution < -0.4 is 15.8 Å². The molecule has 116 valence electrons. The van der Waals surface area contributed by atoms with Crippen molar-refractivity contribution in [1.82, 2.24) is 0 Å². The first kappa shape index (κ1) is 16.0. The number of benzene rings is 1. The Bertz CT molecular complexity index is 653. The fraction of sp³-hybridized carbons (Fsp3) is 0.250. The number of thiophene rings is 1. The third-order valence-corrected chi connectivity index (χ3v) is 4.10. The number of amides is 2. The number of nitrogens with two attached hydrogens (primary N) is 1. The minimum absolute atomic E-state index is 0.114. The number of nitrogens with one attached hydrogen (secondary N) is 1. The lowest BCUT2D eigenvalue weighted by Gasteiger charge is -2.11. The van der Waals surface area contributed by atoms with E-state index in [2.05, 4.69) is 11.4 Å². The highest BCUT2D eigenvalue weighted by Gasteiger charge is 2.11. The van der Waals surface area contributed by atoms with Gasteiger partial charge in [0.2, 0.25) is 11.8 Å². The summed E-state index contributed by atoms with van der Waals surface area (Å²) >= 11 is 1.69. The van der Waals surface area contributed by atoms with Crippen molar-refractivity contribution in [3.05, 3.63) is 46.2 Å². The molecule has 5 nitrogen and oxygen atoms in total. The first-order valence-electron chi connectivity index (χ1n) is 6.90. The molecule has 2 amide bonds. The molecule has 3 N–H and O–H groups in total. The number of carbonyl (C=O) groups is 2. The molecule has 0 atom stereocenters. The summed E-state index contributed by atoms with van der Waals surface area (Å²) in [5.41, 5.74) is 6.03. The normalized spacial score (nSPS) is 10.2. The Balaban J connectivity index is 1.95. The average molecular weight is 318 g/mol. The monoisotopic (exact) mass is 318 g/mol. The number of hydrogen-bond donors (Lipinski definition) is 2. The molecule has 0 bridgehead atoms. The van der Waals surface area contributed by atoms with E-state index in [0.717, 1.165) is 12.8 Å². The minimum Gasteiger partial charge on any atom is -0.495 e. The molecule has 0 radical (unpaired) electrons. The molecule has 0 saturated carbocycles. The molecule has 0 aliphatic carbocycles. The lowest BCUT2D eigenvalue weighted by molar-refractivity contribution is -0.116. The average Bonchev–Trinajstić information content (AvgIpc) is 3.00. The molecule has 2 rings (SSSR count). The summed E-state index contributed by atoms with van der Waals surface area (Å²) in [4.78, 5) is 24.5. The van der Waals surface area contributed by atoms with Gasteiger partial charge in [0, 0.05) is 16.9 Å². The number of aryl methyl sites for hydroxylation is 1. The Morgan fingerprint density at radius 3 is 2.77 bits per heavy atom. The van der Waals surface area contributed by atoms with Crippen LogP contribution in [-0.2, 0) is 11.2 Å². The Hall–Kier alpha value is -2.34. The Morgan fingerprint density at radius 2 is 2.14 bits per heavy atom. The summed E-state index contributed by atoms with van der Waals surface area (Å²) in [7, 11) is 1.51. The SMILES string of the molecule is COc1ccc(C(N)=O)cc1NC(=O)CCCc1cccs1. The van der Waals surface area contributed by atoms with Crippen molar-refractivity contribution in [2.24, 2.45) is 5.73 Å². The maximum absolute atomic E-state index is 12.0. The van der Waals surface area contributed by atoms with Gasteiger partial charge in [0.1, 0.15) is 5.75 Å². The van der Waals surface area contributed by atoms with Crippen LogP contribution in [0.25, 0.3) is 0 Å². The first-order chi connectivity index (χ1) is 10.6. The van der Waals surface area contributed by atoms with Gasteiger partial charge in [-0.15, -0.1) is 11.3 Å². The second-order valence-electron chi connectivity index (χ2n) is 4.76. The third-order valence-electron chi connectivity index (χ3n) is 3.17. The van der Waals surface area contributed by atoms with Crippen LogP contribution in [0.5, 0.6) is 5.75 Å². The number of anilines is 1. The van der Waals surface area contributed by atoms with E-state index in [4.69, 9.17) is 10.5 Å². The number of carbonyl (C=O) groups excluding carboxylic acids is 2. The number of rotatable bonds is 7. The zero-order valence-corrected chi connectivity index (χ0v) is 13.1. The van der Waals surface area contributed by atoms with E-state index in [1.54, 1.807) is 23.5 Å². The van der Waals surface area contributed by atoms with E-state index < -0.39 is 5.91 Å². The third kappa shape index (κ3) is 4.33. The Kier molecular flexibility index (Phi) is 5.55. The van der Waals surface area contributed by atoms with Crippen LogP contribution >= 0.6 is 11.3 Å². The molecular weight excluding hydrogens is 300 g/mol. The van der Waals surface area contributed by atoms with E-state index in [1.165, 1.54) is 18.1 Å². The van der Waals surface area contributed by atoms with Crippen molar-refractivity contribution in [1.29, 1.82) is 0 Å². The molecule has 1 aromatic carbocycles. The second kappa shape index (κ2) is 7.61. The maximum Gasteiger partial charge on any atom is 0.248 e. The number of hydrogen-bond acceptors (Lipinski definition) is 4. The van der Waals surface area contributed by atoms with Crippen molar-refractivity contribution in [2.75, 3.05) is 12.4 Å². The summed E-state index contributed by atoms with van der Waals surface area (Å²) in [6.45, 7) is 0. The summed E-state index contributed by atoms with van der Waals surface area (Å²) in [6.07, 6.45) is 2.05. The fourth-order valence-corrected chi connectivity index (χ4v) is 2.80. The van der Waals surface area contributed by atoms with Gasteiger partial charge in [0.25, 0.3) is 0 Å². The Morgan fingerprint density at radius 1 is 1.32 bits per heavy atom. The molecule has 0 saturated heterocycles. The molecule has 1 heterocycles. The van der Waals surface area contributed by atoms with Gasteiger partial charge >= 0.3 is 0 Å². The molecule has 0 spiro atoms. The fourth-order valence-electron chi connectivity index (χ4n) is 2.05. The van der Waals surface area contributed by atoms with Crippen LogP contribution in [-0.4, -0.2) is 18.9 Å². The molecule has 6 heteroatoms. The number of primary amides is 1. The predicted molar refractivity (Wildman–Crippen MR) is 87.4 cm³/mol. The predicted octanol–water partition coefficient (Wildman–Crippen LogP) is 2.82.